The van der Waals surface area contributed by atoms with Gasteiger partial charge in [0.05, 0.1) is 13.2 Å². The van der Waals surface area contributed by atoms with Crippen molar-refractivity contribution in [3.63, 3.8) is 0 Å². The second-order valence-electron chi connectivity index (χ2n) is 4.23. The number of aliphatic hydroxyl groups excluding tert-OH is 1. The molecule has 0 saturated heterocycles. The Labute approximate surface area is 110 Å². The zero-order chi connectivity index (χ0) is 13.1. The molecular formula is C16H22O2. The van der Waals surface area contributed by atoms with Crippen LogP contribution in [-0.2, 0) is 11.3 Å². The molecule has 1 aromatic rings. The number of hydrogen-bond donors (Lipinski definition) is 1. The molecule has 2 heteroatoms. The molecule has 0 atom stereocenters. The topological polar surface area (TPSA) is 29.5 Å². The predicted molar refractivity (Wildman–Crippen MR) is 74.2 cm³/mol. The van der Waals surface area contributed by atoms with Crippen molar-refractivity contribution in [1.82, 2.24) is 0 Å². The second-order valence-corrected chi connectivity index (χ2v) is 4.23. The fraction of sp³-hybridized carbons (Fsp3) is 0.500. The van der Waals surface area contributed by atoms with E-state index in [0.29, 0.717) is 13.0 Å². The third-order valence-corrected chi connectivity index (χ3v) is 2.58. The maximum Gasteiger partial charge on any atom is 0.0716 e. The minimum atomic E-state index is 0.122. The fourth-order valence-corrected chi connectivity index (χ4v) is 1.55. The first-order valence-corrected chi connectivity index (χ1v) is 6.63. The van der Waals surface area contributed by atoms with Gasteiger partial charge in [0.1, 0.15) is 0 Å². The monoisotopic (exact) mass is 246 g/mol. The molecule has 1 aromatic carbocycles. The Balaban J connectivity index is 2.30. The molecule has 0 aromatic heterocycles. The highest BCUT2D eigenvalue weighted by molar-refractivity contribution is 5.35. The number of hydrogen-bond acceptors (Lipinski definition) is 2. The lowest BCUT2D eigenvalue weighted by Crippen LogP contribution is -1.95. The van der Waals surface area contributed by atoms with Gasteiger partial charge in [-0.3, -0.25) is 0 Å². The van der Waals surface area contributed by atoms with E-state index in [2.05, 4.69) is 18.8 Å². The molecule has 0 bridgehead atoms. The maximum absolute atomic E-state index is 8.63. The molecule has 0 fully saturated rings. The van der Waals surface area contributed by atoms with Gasteiger partial charge in [0.2, 0.25) is 0 Å². The first kappa shape index (κ1) is 14.8. The van der Waals surface area contributed by atoms with Crippen LogP contribution in [0.3, 0.4) is 0 Å². The third kappa shape index (κ3) is 6.44. The molecule has 0 amide bonds. The highest BCUT2D eigenvalue weighted by Gasteiger charge is 1.94. The molecule has 0 aliphatic rings. The van der Waals surface area contributed by atoms with E-state index in [0.717, 1.165) is 18.6 Å². The Morgan fingerprint density at radius 1 is 1.17 bits per heavy atom. The minimum absolute atomic E-state index is 0.122. The van der Waals surface area contributed by atoms with Gasteiger partial charge in [-0.05, 0) is 24.1 Å². The summed E-state index contributed by atoms with van der Waals surface area (Å²) in [5.41, 5.74) is 2.16. The standard InChI is InChI=1S/C16H22O2/c1-2-3-6-13-18-14-16-10-8-15(9-11-16)7-4-5-12-17/h8-11,17H,2-3,5-6,12-14H2,1H3. The molecule has 0 aliphatic carbocycles. The zero-order valence-corrected chi connectivity index (χ0v) is 11.1. The van der Waals surface area contributed by atoms with E-state index in [4.69, 9.17) is 9.84 Å². The van der Waals surface area contributed by atoms with E-state index in [9.17, 15) is 0 Å². The van der Waals surface area contributed by atoms with E-state index in [1.54, 1.807) is 0 Å². The summed E-state index contributed by atoms with van der Waals surface area (Å²) in [6, 6.07) is 8.08. The predicted octanol–water partition coefficient (Wildman–Crippen LogP) is 3.13. The van der Waals surface area contributed by atoms with Crippen molar-refractivity contribution >= 4 is 0 Å². The molecule has 2 nitrogen and oxygen atoms in total. The zero-order valence-electron chi connectivity index (χ0n) is 11.1. The van der Waals surface area contributed by atoms with Crippen LogP contribution in [0.2, 0.25) is 0 Å². The molecule has 0 unspecified atom stereocenters. The van der Waals surface area contributed by atoms with Gasteiger partial charge in [-0.15, -0.1) is 0 Å². The number of rotatable bonds is 7. The molecule has 0 spiro atoms. The summed E-state index contributed by atoms with van der Waals surface area (Å²) in [7, 11) is 0. The Morgan fingerprint density at radius 3 is 2.61 bits per heavy atom. The Bertz CT molecular complexity index is 370. The summed E-state index contributed by atoms with van der Waals surface area (Å²) < 4.78 is 5.59. The van der Waals surface area contributed by atoms with Crippen LogP contribution in [0.5, 0.6) is 0 Å². The van der Waals surface area contributed by atoms with Crippen LogP contribution in [-0.4, -0.2) is 18.3 Å². The highest BCUT2D eigenvalue weighted by Crippen LogP contribution is 2.05. The lowest BCUT2D eigenvalue weighted by atomic mass is 10.1. The molecule has 1 rings (SSSR count). The SMILES string of the molecule is CCCCCOCc1ccc(C#CCCO)cc1. The van der Waals surface area contributed by atoms with Crippen molar-refractivity contribution in [3.05, 3.63) is 35.4 Å². The van der Waals surface area contributed by atoms with E-state index in [1.165, 1.54) is 18.4 Å². The van der Waals surface area contributed by atoms with Gasteiger partial charge in [0.25, 0.3) is 0 Å². The van der Waals surface area contributed by atoms with Gasteiger partial charge >= 0.3 is 0 Å². The third-order valence-electron chi connectivity index (χ3n) is 2.58. The molecular weight excluding hydrogens is 224 g/mol. The molecule has 0 radical (unpaired) electrons. The summed E-state index contributed by atoms with van der Waals surface area (Å²) in [5, 5.41) is 8.63. The van der Waals surface area contributed by atoms with Crippen molar-refractivity contribution in [2.75, 3.05) is 13.2 Å². The maximum atomic E-state index is 8.63. The number of ether oxygens (including phenoxy) is 1. The van der Waals surface area contributed by atoms with Crippen molar-refractivity contribution in [2.24, 2.45) is 0 Å². The van der Waals surface area contributed by atoms with Crippen LogP contribution >= 0.6 is 0 Å². The molecule has 18 heavy (non-hydrogen) atoms. The van der Waals surface area contributed by atoms with Gasteiger partial charge in [-0.25, -0.2) is 0 Å². The average Bonchev–Trinajstić information content (AvgIpc) is 2.40. The lowest BCUT2D eigenvalue weighted by molar-refractivity contribution is 0.117. The van der Waals surface area contributed by atoms with Crippen LogP contribution in [0.4, 0.5) is 0 Å². The largest absolute Gasteiger partial charge is 0.395 e. The smallest absolute Gasteiger partial charge is 0.0716 e. The van der Waals surface area contributed by atoms with Crippen LogP contribution in [0.1, 0.15) is 43.7 Å². The van der Waals surface area contributed by atoms with Gasteiger partial charge in [-0.2, -0.15) is 0 Å². The minimum Gasteiger partial charge on any atom is -0.395 e. The average molecular weight is 246 g/mol. The van der Waals surface area contributed by atoms with Crippen LogP contribution in [0, 0.1) is 11.8 Å². The normalized spacial score (nSPS) is 9.89. The van der Waals surface area contributed by atoms with Crippen molar-refractivity contribution in [2.45, 2.75) is 39.2 Å². The summed E-state index contributed by atoms with van der Waals surface area (Å²) in [6.07, 6.45) is 4.13. The van der Waals surface area contributed by atoms with Gasteiger partial charge in [0.15, 0.2) is 0 Å². The van der Waals surface area contributed by atoms with Crippen molar-refractivity contribution in [3.8, 4) is 11.8 Å². The number of aliphatic hydroxyl groups is 1. The van der Waals surface area contributed by atoms with Crippen LogP contribution in [0.15, 0.2) is 24.3 Å². The lowest BCUT2D eigenvalue weighted by Gasteiger charge is -2.03. The van der Waals surface area contributed by atoms with Crippen LogP contribution in [0.25, 0.3) is 0 Å². The first-order chi connectivity index (χ1) is 8.86. The molecule has 98 valence electrons. The highest BCUT2D eigenvalue weighted by atomic mass is 16.5. The Kier molecular flexibility index (Phi) is 7.96. The molecule has 1 N–H and O–H groups in total. The summed E-state index contributed by atoms with van der Waals surface area (Å²) in [6.45, 7) is 3.83. The molecule has 0 heterocycles. The fourth-order valence-electron chi connectivity index (χ4n) is 1.55. The van der Waals surface area contributed by atoms with Crippen molar-refractivity contribution in [1.29, 1.82) is 0 Å². The second kappa shape index (κ2) is 9.70. The number of benzene rings is 1. The summed E-state index contributed by atoms with van der Waals surface area (Å²) in [4.78, 5) is 0. The Morgan fingerprint density at radius 2 is 1.94 bits per heavy atom. The van der Waals surface area contributed by atoms with Crippen LogP contribution < -0.4 is 0 Å². The number of unbranched alkanes of at least 4 members (excludes halogenated alkanes) is 2. The quantitative estimate of drug-likeness (QED) is 0.591. The molecule has 0 aliphatic heterocycles. The van der Waals surface area contributed by atoms with Crippen molar-refractivity contribution < 1.29 is 9.84 Å². The summed E-state index contributed by atoms with van der Waals surface area (Å²) >= 11 is 0. The molecule has 0 saturated carbocycles. The van der Waals surface area contributed by atoms with Gasteiger partial charge in [-0.1, -0.05) is 43.7 Å². The summed E-state index contributed by atoms with van der Waals surface area (Å²) in [5.74, 6) is 5.91. The van der Waals surface area contributed by atoms with Gasteiger partial charge < -0.3 is 9.84 Å². The van der Waals surface area contributed by atoms with E-state index in [1.807, 2.05) is 24.3 Å². The van der Waals surface area contributed by atoms with E-state index >= 15 is 0 Å². The Hall–Kier alpha value is -1.30. The first-order valence-electron chi connectivity index (χ1n) is 6.63. The van der Waals surface area contributed by atoms with E-state index < -0.39 is 0 Å². The van der Waals surface area contributed by atoms with E-state index in [-0.39, 0.29) is 6.61 Å². The van der Waals surface area contributed by atoms with Gasteiger partial charge in [0, 0.05) is 18.6 Å².